The predicted octanol–water partition coefficient (Wildman–Crippen LogP) is 3.55. The minimum absolute atomic E-state index is 0.449. The molecule has 0 amide bonds. The minimum atomic E-state index is 0.449. The molecular weight excluding hydrogens is 250 g/mol. The van der Waals surface area contributed by atoms with Gasteiger partial charge in [-0.25, -0.2) is 0 Å². The number of hydrogen-bond acceptors (Lipinski definition) is 3. The van der Waals surface area contributed by atoms with Gasteiger partial charge in [0, 0.05) is 19.3 Å². The van der Waals surface area contributed by atoms with Crippen LogP contribution in [-0.4, -0.2) is 26.4 Å². The Labute approximate surface area is 122 Å². The summed E-state index contributed by atoms with van der Waals surface area (Å²) in [4.78, 5) is 0. The van der Waals surface area contributed by atoms with Crippen molar-refractivity contribution in [3.8, 4) is 5.75 Å². The highest BCUT2D eigenvalue weighted by Gasteiger charge is 2.14. The quantitative estimate of drug-likeness (QED) is 0.826. The van der Waals surface area contributed by atoms with Crippen LogP contribution in [0, 0.1) is 5.92 Å². The van der Waals surface area contributed by atoms with Gasteiger partial charge in [-0.15, -0.1) is 0 Å². The number of nitrogens with one attached hydrogen (secondary N) is 1. The summed E-state index contributed by atoms with van der Waals surface area (Å²) in [5.74, 6) is 1.63. The molecule has 3 nitrogen and oxygen atoms in total. The normalized spacial score (nSPS) is 17.9. The van der Waals surface area contributed by atoms with Crippen molar-refractivity contribution in [3.63, 3.8) is 0 Å². The van der Waals surface area contributed by atoms with Crippen LogP contribution in [0.15, 0.2) is 24.3 Å². The fourth-order valence-electron chi connectivity index (χ4n) is 2.67. The topological polar surface area (TPSA) is 30.5 Å². The molecule has 1 aliphatic rings. The minimum Gasteiger partial charge on any atom is -0.493 e. The molecule has 2 rings (SSSR count). The maximum atomic E-state index is 5.90. The molecule has 0 saturated carbocycles. The van der Waals surface area contributed by atoms with Crippen LogP contribution in [0.2, 0.25) is 0 Å². The predicted molar refractivity (Wildman–Crippen MR) is 82.2 cm³/mol. The second-order valence-corrected chi connectivity index (χ2v) is 5.45. The summed E-state index contributed by atoms with van der Waals surface area (Å²) in [6.07, 6.45) is 3.35. The van der Waals surface area contributed by atoms with E-state index in [9.17, 15) is 0 Å². The van der Waals surface area contributed by atoms with Crippen LogP contribution in [0.1, 0.15) is 44.7 Å². The molecule has 1 atom stereocenters. The van der Waals surface area contributed by atoms with Gasteiger partial charge < -0.3 is 14.8 Å². The van der Waals surface area contributed by atoms with Crippen molar-refractivity contribution in [3.05, 3.63) is 29.8 Å². The highest BCUT2D eigenvalue weighted by atomic mass is 16.5. The van der Waals surface area contributed by atoms with Gasteiger partial charge in [-0.05, 0) is 49.4 Å². The highest BCUT2D eigenvalue weighted by Crippen LogP contribution is 2.22. The first-order valence-electron chi connectivity index (χ1n) is 7.87. The lowest BCUT2D eigenvalue weighted by atomic mass is 10.0. The van der Waals surface area contributed by atoms with Gasteiger partial charge in [-0.2, -0.15) is 0 Å². The van der Waals surface area contributed by atoms with Gasteiger partial charge in [-0.3, -0.25) is 0 Å². The monoisotopic (exact) mass is 277 g/mol. The molecule has 0 radical (unpaired) electrons. The zero-order valence-corrected chi connectivity index (χ0v) is 12.7. The van der Waals surface area contributed by atoms with E-state index in [1.165, 1.54) is 5.56 Å². The van der Waals surface area contributed by atoms with Crippen molar-refractivity contribution in [1.29, 1.82) is 0 Å². The first-order chi connectivity index (χ1) is 9.83. The first kappa shape index (κ1) is 15.3. The number of benzene rings is 1. The van der Waals surface area contributed by atoms with Crippen LogP contribution in [0.3, 0.4) is 0 Å². The smallest absolute Gasteiger partial charge is 0.119 e. The molecule has 1 fully saturated rings. The Balaban J connectivity index is 1.84. The van der Waals surface area contributed by atoms with Crippen molar-refractivity contribution in [2.24, 2.45) is 5.92 Å². The summed E-state index contributed by atoms with van der Waals surface area (Å²) >= 11 is 0. The summed E-state index contributed by atoms with van der Waals surface area (Å²) in [5.41, 5.74) is 1.34. The fourth-order valence-corrected chi connectivity index (χ4v) is 2.67. The Morgan fingerprint density at radius 1 is 1.20 bits per heavy atom. The molecule has 1 saturated heterocycles. The zero-order chi connectivity index (χ0) is 14.2. The molecule has 1 aromatic carbocycles. The lowest BCUT2D eigenvalue weighted by Gasteiger charge is -2.22. The third-order valence-electron chi connectivity index (χ3n) is 3.97. The maximum Gasteiger partial charge on any atom is 0.119 e. The molecule has 1 heterocycles. The van der Waals surface area contributed by atoms with E-state index < -0.39 is 0 Å². The van der Waals surface area contributed by atoms with E-state index in [-0.39, 0.29) is 0 Å². The van der Waals surface area contributed by atoms with Gasteiger partial charge in [0.25, 0.3) is 0 Å². The number of ether oxygens (including phenoxy) is 2. The Hall–Kier alpha value is -1.06. The van der Waals surface area contributed by atoms with Crippen molar-refractivity contribution in [2.75, 3.05) is 26.4 Å². The summed E-state index contributed by atoms with van der Waals surface area (Å²) in [5, 5.41) is 3.50. The van der Waals surface area contributed by atoms with E-state index in [1.54, 1.807) is 0 Å². The Kier molecular flexibility index (Phi) is 6.34. The largest absolute Gasteiger partial charge is 0.493 e. The van der Waals surface area contributed by atoms with E-state index in [0.29, 0.717) is 12.0 Å². The Morgan fingerprint density at radius 2 is 1.90 bits per heavy atom. The fraction of sp³-hybridized carbons (Fsp3) is 0.647. The van der Waals surface area contributed by atoms with Crippen LogP contribution in [-0.2, 0) is 4.74 Å². The molecule has 1 aromatic rings. The second-order valence-electron chi connectivity index (χ2n) is 5.45. The summed E-state index contributed by atoms with van der Waals surface area (Å²) in [7, 11) is 0. The molecule has 1 aliphatic heterocycles. The van der Waals surface area contributed by atoms with Crippen molar-refractivity contribution < 1.29 is 9.47 Å². The van der Waals surface area contributed by atoms with Crippen LogP contribution in [0.25, 0.3) is 0 Å². The molecule has 0 aromatic heterocycles. The molecule has 0 spiro atoms. The number of hydrogen-bond donors (Lipinski definition) is 1. The van der Waals surface area contributed by atoms with E-state index >= 15 is 0 Å². The summed E-state index contributed by atoms with van der Waals surface area (Å²) in [6, 6.07) is 8.99. The van der Waals surface area contributed by atoms with E-state index in [2.05, 4.69) is 43.4 Å². The highest BCUT2D eigenvalue weighted by molar-refractivity contribution is 5.29. The van der Waals surface area contributed by atoms with Gasteiger partial charge in [0.15, 0.2) is 0 Å². The van der Waals surface area contributed by atoms with Gasteiger partial charge in [0.1, 0.15) is 5.75 Å². The Bertz CT molecular complexity index is 371. The second kappa shape index (κ2) is 8.28. The zero-order valence-electron chi connectivity index (χ0n) is 12.7. The van der Waals surface area contributed by atoms with Crippen molar-refractivity contribution in [2.45, 2.75) is 39.2 Å². The van der Waals surface area contributed by atoms with Crippen LogP contribution >= 0.6 is 0 Å². The molecule has 1 unspecified atom stereocenters. The third-order valence-corrected chi connectivity index (χ3v) is 3.97. The average Bonchev–Trinajstić information content (AvgIpc) is 2.52. The lowest BCUT2D eigenvalue weighted by molar-refractivity contribution is 0.0497. The van der Waals surface area contributed by atoms with Gasteiger partial charge in [0.2, 0.25) is 0 Å². The van der Waals surface area contributed by atoms with Crippen molar-refractivity contribution in [1.82, 2.24) is 5.32 Å². The standard InChI is InChI=1S/C17H27NO2/c1-3-17(18-4-2)15-5-7-16(8-6-15)20-13-14-9-11-19-12-10-14/h5-8,14,17-18H,3-4,9-13H2,1-2H3. The molecule has 112 valence electrons. The number of rotatable bonds is 7. The van der Waals surface area contributed by atoms with Gasteiger partial charge in [0.05, 0.1) is 6.61 Å². The molecular formula is C17H27NO2. The average molecular weight is 277 g/mol. The molecule has 20 heavy (non-hydrogen) atoms. The molecule has 1 N–H and O–H groups in total. The Morgan fingerprint density at radius 3 is 2.50 bits per heavy atom. The van der Waals surface area contributed by atoms with E-state index in [1.807, 2.05) is 0 Å². The van der Waals surface area contributed by atoms with Crippen LogP contribution in [0.4, 0.5) is 0 Å². The van der Waals surface area contributed by atoms with E-state index in [0.717, 1.165) is 51.4 Å². The molecule has 0 aliphatic carbocycles. The summed E-state index contributed by atoms with van der Waals surface area (Å²) in [6.45, 7) is 7.94. The maximum absolute atomic E-state index is 5.90. The van der Waals surface area contributed by atoms with Crippen LogP contribution < -0.4 is 10.1 Å². The van der Waals surface area contributed by atoms with Crippen molar-refractivity contribution >= 4 is 0 Å². The SMILES string of the molecule is CCNC(CC)c1ccc(OCC2CCOCC2)cc1. The third kappa shape index (κ3) is 4.50. The van der Waals surface area contributed by atoms with Gasteiger partial charge in [-0.1, -0.05) is 26.0 Å². The molecule has 3 heteroatoms. The van der Waals surface area contributed by atoms with Crippen LogP contribution in [0.5, 0.6) is 5.75 Å². The summed E-state index contributed by atoms with van der Waals surface area (Å²) < 4.78 is 11.3. The molecule has 0 bridgehead atoms. The first-order valence-corrected chi connectivity index (χ1v) is 7.87. The van der Waals surface area contributed by atoms with Gasteiger partial charge >= 0.3 is 0 Å². The van der Waals surface area contributed by atoms with E-state index in [4.69, 9.17) is 9.47 Å². The lowest BCUT2D eigenvalue weighted by Crippen LogP contribution is -2.21.